The number of rotatable bonds is 6. The van der Waals surface area contributed by atoms with Gasteiger partial charge in [-0.1, -0.05) is 50.2 Å². The zero-order valence-corrected chi connectivity index (χ0v) is 13.1. The monoisotopic (exact) mass is 285 g/mol. The SMILES string of the molecule is CNCC(Cc1ccc(C(C)C)cc1)c1cccc(F)c1. The van der Waals surface area contributed by atoms with Crippen molar-refractivity contribution in [2.75, 3.05) is 13.6 Å². The molecule has 0 aliphatic rings. The molecule has 0 aliphatic heterocycles. The molecular weight excluding hydrogens is 261 g/mol. The molecule has 2 aromatic rings. The lowest BCUT2D eigenvalue weighted by Crippen LogP contribution is -2.19. The van der Waals surface area contributed by atoms with Gasteiger partial charge < -0.3 is 5.32 Å². The highest BCUT2D eigenvalue weighted by Crippen LogP contribution is 2.23. The summed E-state index contributed by atoms with van der Waals surface area (Å²) in [4.78, 5) is 0. The topological polar surface area (TPSA) is 12.0 Å². The molecule has 112 valence electrons. The van der Waals surface area contributed by atoms with Gasteiger partial charge in [-0.05, 0) is 48.2 Å². The Balaban J connectivity index is 2.16. The molecule has 1 atom stereocenters. The highest BCUT2D eigenvalue weighted by Gasteiger charge is 2.12. The number of hydrogen-bond donors (Lipinski definition) is 1. The Bertz CT molecular complexity index is 560. The van der Waals surface area contributed by atoms with E-state index in [0.717, 1.165) is 18.5 Å². The maximum absolute atomic E-state index is 13.4. The zero-order chi connectivity index (χ0) is 15.2. The molecule has 0 saturated carbocycles. The Morgan fingerprint density at radius 2 is 1.71 bits per heavy atom. The summed E-state index contributed by atoms with van der Waals surface area (Å²) in [6.45, 7) is 5.24. The molecule has 0 aliphatic carbocycles. The van der Waals surface area contributed by atoms with Gasteiger partial charge in [-0.25, -0.2) is 4.39 Å². The van der Waals surface area contributed by atoms with Gasteiger partial charge in [0.15, 0.2) is 0 Å². The maximum atomic E-state index is 13.4. The van der Waals surface area contributed by atoms with Crippen molar-refractivity contribution in [1.29, 1.82) is 0 Å². The van der Waals surface area contributed by atoms with Gasteiger partial charge in [0.05, 0.1) is 0 Å². The third-order valence-corrected chi connectivity index (χ3v) is 3.90. The zero-order valence-electron chi connectivity index (χ0n) is 13.1. The molecule has 2 aromatic carbocycles. The molecule has 2 heteroatoms. The quantitative estimate of drug-likeness (QED) is 0.824. The highest BCUT2D eigenvalue weighted by molar-refractivity contribution is 5.28. The molecule has 2 rings (SSSR count). The summed E-state index contributed by atoms with van der Waals surface area (Å²) in [7, 11) is 1.94. The first-order valence-electron chi connectivity index (χ1n) is 7.59. The van der Waals surface area contributed by atoms with Gasteiger partial charge in [-0.2, -0.15) is 0 Å². The summed E-state index contributed by atoms with van der Waals surface area (Å²) in [5, 5.41) is 3.21. The first-order valence-corrected chi connectivity index (χ1v) is 7.59. The number of benzene rings is 2. The van der Waals surface area contributed by atoms with Crippen molar-refractivity contribution >= 4 is 0 Å². The van der Waals surface area contributed by atoms with Crippen molar-refractivity contribution in [2.24, 2.45) is 0 Å². The van der Waals surface area contributed by atoms with Gasteiger partial charge in [-0.3, -0.25) is 0 Å². The van der Waals surface area contributed by atoms with E-state index in [1.165, 1.54) is 17.2 Å². The average Bonchev–Trinajstić information content (AvgIpc) is 2.47. The molecule has 0 bridgehead atoms. The van der Waals surface area contributed by atoms with Crippen LogP contribution in [0.4, 0.5) is 4.39 Å². The molecule has 0 amide bonds. The lowest BCUT2D eigenvalue weighted by Gasteiger charge is -2.18. The fraction of sp³-hybridized carbons (Fsp3) is 0.368. The molecule has 0 fully saturated rings. The van der Waals surface area contributed by atoms with E-state index in [4.69, 9.17) is 0 Å². The van der Waals surface area contributed by atoms with Crippen LogP contribution in [0.15, 0.2) is 48.5 Å². The largest absolute Gasteiger partial charge is 0.319 e. The molecule has 0 heterocycles. The van der Waals surface area contributed by atoms with Gasteiger partial charge in [0.2, 0.25) is 0 Å². The van der Waals surface area contributed by atoms with E-state index in [1.807, 2.05) is 13.1 Å². The minimum atomic E-state index is -0.163. The van der Waals surface area contributed by atoms with E-state index in [-0.39, 0.29) is 11.7 Å². The molecule has 0 radical (unpaired) electrons. The second-order valence-corrected chi connectivity index (χ2v) is 5.91. The van der Waals surface area contributed by atoms with Crippen LogP contribution in [0.3, 0.4) is 0 Å². The van der Waals surface area contributed by atoms with E-state index in [2.05, 4.69) is 43.4 Å². The third kappa shape index (κ3) is 4.40. The first kappa shape index (κ1) is 15.7. The van der Waals surface area contributed by atoms with Gasteiger partial charge >= 0.3 is 0 Å². The minimum Gasteiger partial charge on any atom is -0.319 e. The second-order valence-electron chi connectivity index (χ2n) is 5.91. The molecular formula is C19H24FN. The molecule has 0 saturated heterocycles. The lowest BCUT2D eigenvalue weighted by atomic mass is 9.91. The van der Waals surface area contributed by atoms with Crippen LogP contribution >= 0.6 is 0 Å². The van der Waals surface area contributed by atoms with E-state index in [0.29, 0.717) is 5.92 Å². The number of halogens is 1. The summed E-state index contributed by atoms with van der Waals surface area (Å²) in [5.41, 5.74) is 3.70. The molecule has 1 unspecified atom stereocenters. The van der Waals surface area contributed by atoms with Gasteiger partial charge in [0.25, 0.3) is 0 Å². The van der Waals surface area contributed by atoms with Gasteiger partial charge in [0, 0.05) is 12.5 Å². The third-order valence-electron chi connectivity index (χ3n) is 3.90. The molecule has 0 aromatic heterocycles. The summed E-state index contributed by atoms with van der Waals surface area (Å²) in [5.74, 6) is 0.676. The summed E-state index contributed by atoms with van der Waals surface area (Å²) >= 11 is 0. The Morgan fingerprint density at radius 1 is 1.00 bits per heavy atom. The number of likely N-dealkylation sites (N-methyl/N-ethyl adjacent to an activating group) is 1. The second kappa shape index (κ2) is 7.37. The minimum absolute atomic E-state index is 0.163. The van der Waals surface area contributed by atoms with Crippen molar-refractivity contribution in [1.82, 2.24) is 5.32 Å². The molecule has 1 N–H and O–H groups in total. The molecule has 1 nitrogen and oxygen atoms in total. The van der Waals surface area contributed by atoms with E-state index >= 15 is 0 Å². The Hall–Kier alpha value is -1.67. The first-order chi connectivity index (χ1) is 10.1. The lowest BCUT2D eigenvalue weighted by molar-refractivity contribution is 0.600. The summed E-state index contributed by atoms with van der Waals surface area (Å²) < 4.78 is 13.4. The van der Waals surface area contributed by atoms with Crippen LogP contribution in [-0.2, 0) is 6.42 Å². The fourth-order valence-corrected chi connectivity index (χ4v) is 2.64. The standard InChI is InChI=1S/C19H24FN/c1-14(2)16-9-7-15(8-10-16)11-18(13-21-3)17-5-4-6-19(20)12-17/h4-10,12,14,18,21H,11,13H2,1-3H3. The van der Waals surface area contributed by atoms with Crippen molar-refractivity contribution in [3.63, 3.8) is 0 Å². The van der Waals surface area contributed by atoms with Crippen LogP contribution in [-0.4, -0.2) is 13.6 Å². The molecule has 0 spiro atoms. The molecule has 21 heavy (non-hydrogen) atoms. The van der Waals surface area contributed by atoms with Crippen LogP contribution in [0.1, 0.15) is 42.4 Å². The maximum Gasteiger partial charge on any atom is 0.123 e. The van der Waals surface area contributed by atoms with Crippen LogP contribution in [0, 0.1) is 5.82 Å². The van der Waals surface area contributed by atoms with E-state index < -0.39 is 0 Å². The Kier molecular flexibility index (Phi) is 5.51. The van der Waals surface area contributed by atoms with Crippen molar-refractivity contribution in [3.8, 4) is 0 Å². The summed E-state index contributed by atoms with van der Waals surface area (Å²) in [6.07, 6.45) is 0.919. The van der Waals surface area contributed by atoms with E-state index in [9.17, 15) is 4.39 Å². The van der Waals surface area contributed by atoms with Gasteiger partial charge in [-0.15, -0.1) is 0 Å². The van der Waals surface area contributed by atoms with E-state index in [1.54, 1.807) is 12.1 Å². The van der Waals surface area contributed by atoms with Crippen molar-refractivity contribution < 1.29 is 4.39 Å². The number of hydrogen-bond acceptors (Lipinski definition) is 1. The van der Waals surface area contributed by atoms with Crippen LogP contribution < -0.4 is 5.32 Å². The highest BCUT2D eigenvalue weighted by atomic mass is 19.1. The Labute approximate surface area is 127 Å². The fourth-order valence-electron chi connectivity index (χ4n) is 2.64. The van der Waals surface area contributed by atoms with Crippen molar-refractivity contribution in [2.45, 2.75) is 32.1 Å². The summed E-state index contributed by atoms with van der Waals surface area (Å²) in [6, 6.07) is 15.7. The van der Waals surface area contributed by atoms with Crippen molar-refractivity contribution in [3.05, 3.63) is 71.0 Å². The predicted molar refractivity (Wildman–Crippen MR) is 87.3 cm³/mol. The Morgan fingerprint density at radius 3 is 2.29 bits per heavy atom. The van der Waals surface area contributed by atoms with Crippen LogP contribution in [0.25, 0.3) is 0 Å². The average molecular weight is 285 g/mol. The smallest absolute Gasteiger partial charge is 0.123 e. The van der Waals surface area contributed by atoms with Gasteiger partial charge in [0.1, 0.15) is 5.82 Å². The van der Waals surface area contributed by atoms with Crippen LogP contribution in [0.5, 0.6) is 0 Å². The van der Waals surface area contributed by atoms with Crippen LogP contribution in [0.2, 0.25) is 0 Å². The number of nitrogens with one attached hydrogen (secondary N) is 1. The normalized spacial score (nSPS) is 12.6. The predicted octanol–water partition coefficient (Wildman–Crippen LogP) is 4.49.